The average Bonchev–Trinajstić information content (AvgIpc) is 3.83. The number of carbonyl (C=O) groups is 3. The number of imidazole rings is 1. The molecule has 1 aromatic heterocycles. The van der Waals surface area contributed by atoms with Gasteiger partial charge in [0.25, 0.3) is 0 Å². The van der Waals surface area contributed by atoms with E-state index in [9.17, 15) is 14.7 Å². The van der Waals surface area contributed by atoms with Crippen LogP contribution < -0.4 is 0 Å². The molecular weight excluding hydrogens is 723 g/mol. The minimum atomic E-state index is -1.16. The highest BCUT2D eigenvalue weighted by atomic mass is 16.5. The Labute approximate surface area is 347 Å². The maximum absolute atomic E-state index is 15.6. The van der Waals surface area contributed by atoms with Gasteiger partial charge >= 0.3 is 11.9 Å². The van der Waals surface area contributed by atoms with Crippen LogP contribution in [0.2, 0.25) is 0 Å². The SMILES string of the molecule is C=C(C)[C@@H]1CC[C@]2(C(=O)N3CCCC[C@@H]3c3ncc(-c4ccccc4)[nH]3)CC[C@]3(C)[C@H](CC[C@@H]4[C@@]5(C)CC[C@H](OC(=O)CC(C)(C)C(=O)O)C(C)(C)[C@@H]5CC[C@]43C)[C@@H]12. The van der Waals surface area contributed by atoms with Crippen LogP contribution >= 0.6 is 0 Å². The second kappa shape index (κ2) is 14.4. The quantitative estimate of drug-likeness (QED) is 0.203. The van der Waals surface area contributed by atoms with Crippen molar-refractivity contribution in [3.8, 4) is 11.3 Å². The summed E-state index contributed by atoms with van der Waals surface area (Å²) in [6.07, 6.45) is 15.1. The molecule has 316 valence electrons. The predicted octanol–water partition coefficient (Wildman–Crippen LogP) is 11.2. The summed E-state index contributed by atoms with van der Waals surface area (Å²) in [6.45, 7) is 23.3. The zero-order valence-electron chi connectivity index (χ0n) is 36.8. The van der Waals surface area contributed by atoms with Gasteiger partial charge in [0.15, 0.2) is 0 Å². The lowest BCUT2D eigenvalue weighted by molar-refractivity contribution is -0.250. The van der Waals surface area contributed by atoms with Crippen LogP contribution in [0.5, 0.6) is 0 Å². The Hall–Kier alpha value is -3.42. The van der Waals surface area contributed by atoms with Crippen LogP contribution in [0.4, 0.5) is 0 Å². The molecule has 58 heavy (non-hydrogen) atoms. The van der Waals surface area contributed by atoms with Crippen molar-refractivity contribution in [2.75, 3.05) is 6.54 Å². The van der Waals surface area contributed by atoms with Crippen molar-refractivity contribution < 1.29 is 24.2 Å². The van der Waals surface area contributed by atoms with E-state index in [2.05, 4.69) is 82.3 Å². The lowest BCUT2D eigenvalue weighted by atomic mass is 9.32. The van der Waals surface area contributed by atoms with Crippen LogP contribution in [0.15, 0.2) is 48.7 Å². The standard InChI is InChI=1S/C50H71N3O5/c1-31(2)33-20-25-50(43(55)53-28-14-13-17-36(53)42-51-30-35(52-42)32-15-11-10-12-16-32)27-26-48(8)34(41(33)50)18-19-38-47(7)23-22-39(58-40(54)29-45(3,4)44(56)57)46(5,6)37(47)21-24-49(38,48)9/h10-12,15-16,30,33-34,36-39,41H,1,13-14,17-29H2,2-9H3,(H,51,52)(H,56,57)/t33-,34+,36+,37-,38+,39-,41+,47-,48+,49+,50-/m0/s1. The smallest absolute Gasteiger partial charge is 0.309 e. The molecule has 0 bridgehead atoms. The molecule has 1 aliphatic heterocycles. The van der Waals surface area contributed by atoms with Crippen LogP contribution in [0.25, 0.3) is 11.3 Å². The van der Waals surface area contributed by atoms with E-state index < -0.39 is 17.4 Å². The normalized spacial score (nSPS) is 39.4. The number of aromatic nitrogens is 2. The maximum atomic E-state index is 15.6. The Bertz CT molecular complexity index is 1930. The molecular formula is C50H71N3O5. The molecule has 1 aromatic carbocycles. The summed E-state index contributed by atoms with van der Waals surface area (Å²) < 4.78 is 6.22. The highest BCUT2D eigenvalue weighted by Gasteiger charge is 2.72. The monoisotopic (exact) mass is 794 g/mol. The number of fused-ring (bicyclic) bond motifs is 7. The number of nitrogens with one attached hydrogen (secondary N) is 1. The predicted molar refractivity (Wildman–Crippen MR) is 227 cm³/mol. The number of benzene rings is 1. The van der Waals surface area contributed by atoms with Crippen LogP contribution in [-0.4, -0.2) is 50.5 Å². The number of H-pyrrole nitrogens is 1. The highest BCUT2D eigenvalue weighted by Crippen LogP contribution is 2.78. The summed E-state index contributed by atoms with van der Waals surface area (Å²) in [5.74, 6) is 1.97. The van der Waals surface area contributed by atoms with Gasteiger partial charge in [-0.15, -0.1) is 0 Å². The number of esters is 1. The molecule has 2 N–H and O–H groups in total. The van der Waals surface area contributed by atoms with Gasteiger partial charge in [-0.1, -0.05) is 77.1 Å². The number of carboxylic acid groups (broad SMARTS) is 1. The number of nitrogens with zero attached hydrogens (tertiary/aromatic N) is 2. The van der Waals surface area contributed by atoms with E-state index in [-0.39, 0.29) is 45.6 Å². The molecule has 8 nitrogen and oxygen atoms in total. The van der Waals surface area contributed by atoms with Crippen molar-refractivity contribution in [2.45, 2.75) is 157 Å². The minimum absolute atomic E-state index is 0.0316. The molecule has 1 amide bonds. The van der Waals surface area contributed by atoms with Crippen molar-refractivity contribution >= 4 is 17.8 Å². The Kier molecular flexibility index (Phi) is 10.2. The molecule has 0 unspecified atom stereocenters. The number of allylic oxidation sites excluding steroid dienone is 1. The van der Waals surface area contributed by atoms with Gasteiger partial charge in [0.2, 0.25) is 5.91 Å². The van der Waals surface area contributed by atoms with Crippen molar-refractivity contribution in [3.63, 3.8) is 0 Å². The fourth-order valence-electron chi connectivity index (χ4n) is 15.4. The largest absolute Gasteiger partial charge is 0.481 e. The van der Waals surface area contributed by atoms with E-state index in [0.29, 0.717) is 35.5 Å². The number of carboxylic acids is 1. The Morgan fingerprint density at radius 2 is 1.64 bits per heavy atom. The Balaban J connectivity index is 1.07. The van der Waals surface area contributed by atoms with E-state index in [1.807, 2.05) is 12.3 Å². The molecule has 2 heterocycles. The van der Waals surface area contributed by atoms with Crippen LogP contribution in [0.3, 0.4) is 0 Å². The van der Waals surface area contributed by atoms with Crippen molar-refractivity contribution in [1.29, 1.82) is 0 Å². The van der Waals surface area contributed by atoms with Gasteiger partial charge in [0.05, 0.1) is 35.2 Å². The van der Waals surface area contributed by atoms with Gasteiger partial charge in [-0.3, -0.25) is 14.4 Å². The first-order chi connectivity index (χ1) is 27.3. The summed E-state index contributed by atoms with van der Waals surface area (Å²) in [6, 6.07) is 10.3. The van der Waals surface area contributed by atoms with E-state index in [4.69, 9.17) is 9.72 Å². The summed E-state index contributed by atoms with van der Waals surface area (Å²) in [7, 11) is 0. The van der Waals surface area contributed by atoms with Gasteiger partial charge in [-0.25, -0.2) is 4.98 Å². The molecule has 11 atom stereocenters. The number of hydrogen-bond acceptors (Lipinski definition) is 5. The van der Waals surface area contributed by atoms with E-state index in [1.54, 1.807) is 13.8 Å². The molecule has 1 saturated heterocycles. The third-order valence-corrected chi connectivity index (χ3v) is 18.6. The molecule has 8 heteroatoms. The number of rotatable bonds is 8. The van der Waals surface area contributed by atoms with Gasteiger partial charge in [-0.2, -0.15) is 0 Å². The first-order valence-corrected chi connectivity index (χ1v) is 22.8. The molecule has 2 aromatic rings. The zero-order chi connectivity index (χ0) is 41.6. The number of aromatic amines is 1. The van der Waals surface area contributed by atoms with E-state index in [0.717, 1.165) is 101 Å². The van der Waals surface area contributed by atoms with Crippen molar-refractivity contribution in [2.24, 2.45) is 62.1 Å². The van der Waals surface area contributed by atoms with Crippen LogP contribution in [-0.2, 0) is 19.1 Å². The highest BCUT2D eigenvalue weighted by molar-refractivity contribution is 5.84. The molecule has 5 saturated carbocycles. The van der Waals surface area contributed by atoms with Gasteiger partial charge in [0, 0.05) is 12.0 Å². The topological polar surface area (TPSA) is 113 Å². The Morgan fingerprint density at radius 1 is 0.897 bits per heavy atom. The first-order valence-electron chi connectivity index (χ1n) is 22.8. The molecule has 5 aliphatic carbocycles. The second-order valence-electron chi connectivity index (χ2n) is 22.1. The molecule has 0 radical (unpaired) electrons. The number of hydrogen-bond donors (Lipinski definition) is 2. The average molecular weight is 794 g/mol. The number of aliphatic carboxylic acids is 1. The van der Waals surface area contributed by atoms with Crippen LogP contribution in [0.1, 0.15) is 157 Å². The fourth-order valence-corrected chi connectivity index (χ4v) is 15.4. The van der Waals surface area contributed by atoms with Crippen molar-refractivity contribution in [1.82, 2.24) is 14.9 Å². The lowest BCUT2D eigenvalue weighted by Crippen LogP contribution is -2.67. The van der Waals surface area contributed by atoms with E-state index >= 15 is 4.79 Å². The third kappa shape index (κ3) is 6.17. The fraction of sp³-hybridized carbons (Fsp3) is 0.720. The number of amides is 1. The number of carbonyl (C=O) groups excluding carboxylic acids is 2. The maximum Gasteiger partial charge on any atom is 0.309 e. The van der Waals surface area contributed by atoms with Crippen molar-refractivity contribution in [3.05, 3.63) is 54.5 Å². The summed E-state index contributed by atoms with van der Waals surface area (Å²) in [5.41, 5.74) is 1.95. The second-order valence-corrected chi connectivity index (χ2v) is 22.1. The zero-order valence-corrected chi connectivity index (χ0v) is 36.8. The van der Waals surface area contributed by atoms with E-state index in [1.165, 1.54) is 12.0 Å². The molecule has 6 aliphatic rings. The first kappa shape index (κ1) is 41.3. The van der Waals surface area contributed by atoms with Gasteiger partial charge in [0.1, 0.15) is 11.9 Å². The van der Waals surface area contributed by atoms with Gasteiger partial charge in [-0.05, 0) is 156 Å². The molecule has 6 fully saturated rings. The summed E-state index contributed by atoms with van der Waals surface area (Å²) in [5, 5.41) is 9.67. The number of piperidine rings is 1. The lowest BCUT2D eigenvalue weighted by Gasteiger charge is -2.73. The summed E-state index contributed by atoms with van der Waals surface area (Å²) in [4.78, 5) is 51.5. The summed E-state index contributed by atoms with van der Waals surface area (Å²) >= 11 is 0. The molecule has 0 spiro atoms. The molecule has 8 rings (SSSR count). The number of ether oxygens (including phenoxy) is 1. The minimum Gasteiger partial charge on any atom is -0.481 e. The third-order valence-electron chi connectivity index (χ3n) is 18.6. The Morgan fingerprint density at radius 3 is 2.34 bits per heavy atom. The number of likely N-dealkylation sites (tertiary alicyclic amines) is 1. The van der Waals surface area contributed by atoms with Gasteiger partial charge < -0.3 is 19.7 Å². The van der Waals surface area contributed by atoms with Crippen LogP contribution in [0, 0.1) is 62.1 Å².